The Hall–Kier alpha value is -2.74. The molecule has 0 radical (unpaired) electrons. The van der Waals surface area contributed by atoms with Crippen molar-refractivity contribution in [2.75, 3.05) is 32.1 Å². The van der Waals surface area contributed by atoms with Gasteiger partial charge in [0.1, 0.15) is 13.2 Å². The van der Waals surface area contributed by atoms with E-state index in [1.165, 1.54) is 11.8 Å². The van der Waals surface area contributed by atoms with Gasteiger partial charge in [0.05, 0.1) is 22.4 Å². The van der Waals surface area contributed by atoms with E-state index in [1.54, 1.807) is 12.3 Å². The van der Waals surface area contributed by atoms with Crippen molar-refractivity contribution >= 4 is 23.6 Å². The molecule has 7 nitrogen and oxygen atoms in total. The van der Waals surface area contributed by atoms with E-state index in [0.29, 0.717) is 18.8 Å². The summed E-state index contributed by atoms with van der Waals surface area (Å²) in [7, 11) is 0. The fourth-order valence-corrected chi connectivity index (χ4v) is 4.59. The maximum Gasteiger partial charge on any atom is 0.255 e. The maximum atomic E-state index is 12.7. The van der Waals surface area contributed by atoms with Crippen molar-refractivity contribution in [2.45, 2.75) is 37.8 Å². The first kappa shape index (κ1) is 22.5. The van der Waals surface area contributed by atoms with E-state index < -0.39 is 0 Å². The van der Waals surface area contributed by atoms with Gasteiger partial charge in [0, 0.05) is 19.3 Å². The summed E-state index contributed by atoms with van der Waals surface area (Å²) >= 11 is 1.36. The summed E-state index contributed by atoms with van der Waals surface area (Å²) in [5.74, 6) is 1.88. The molecule has 0 saturated carbocycles. The van der Waals surface area contributed by atoms with Gasteiger partial charge in [-0.3, -0.25) is 9.59 Å². The molecule has 0 bridgehead atoms. The predicted molar refractivity (Wildman–Crippen MR) is 123 cm³/mol. The second kappa shape index (κ2) is 10.3. The largest absolute Gasteiger partial charge is 0.486 e. The van der Waals surface area contributed by atoms with Crippen LogP contribution in [0.2, 0.25) is 0 Å². The molecular formula is C24H29N3O4S. The van der Waals surface area contributed by atoms with Crippen LogP contribution in [0.5, 0.6) is 11.5 Å². The van der Waals surface area contributed by atoms with Crippen LogP contribution in [0.25, 0.3) is 0 Å². The zero-order valence-corrected chi connectivity index (χ0v) is 19.3. The number of rotatable bonds is 7. The van der Waals surface area contributed by atoms with Crippen LogP contribution in [-0.2, 0) is 4.79 Å². The minimum Gasteiger partial charge on any atom is -0.486 e. The monoisotopic (exact) mass is 455 g/mol. The molecule has 4 rings (SSSR count). The Kier molecular flexibility index (Phi) is 7.19. The van der Waals surface area contributed by atoms with Crippen LogP contribution >= 0.6 is 11.8 Å². The standard InChI is InChI=1S/C24H29N3O4S/c1-16(2)23(17-5-7-19-20(13-17)31-12-11-30-19)26-21(28)15-32-22-8-6-18(14-25-22)24(29)27-9-3-4-10-27/h5-8,13-14,16,23H,3-4,9-12,15H2,1-2H3,(H,26,28)/t23-/m1/s1. The molecule has 1 aromatic heterocycles. The Bertz CT molecular complexity index is 958. The van der Waals surface area contributed by atoms with E-state index >= 15 is 0 Å². The van der Waals surface area contributed by atoms with Crippen molar-refractivity contribution in [3.63, 3.8) is 0 Å². The third-order valence-electron chi connectivity index (χ3n) is 5.64. The Morgan fingerprint density at radius 1 is 1.09 bits per heavy atom. The molecule has 2 aromatic rings. The molecule has 0 aliphatic carbocycles. The molecule has 3 heterocycles. The fourth-order valence-electron chi connectivity index (χ4n) is 3.94. The molecule has 32 heavy (non-hydrogen) atoms. The Labute approximate surface area is 192 Å². The van der Waals surface area contributed by atoms with Crippen molar-refractivity contribution in [1.82, 2.24) is 15.2 Å². The number of ether oxygens (including phenoxy) is 2. The molecule has 0 unspecified atom stereocenters. The second-order valence-electron chi connectivity index (χ2n) is 8.37. The SMILES string of the molecule is CC(C)[C@@H](NC(=O)CSc1ccc(C(=O)N2CCCC2)cn1)c1ccc2c(c1)OCCO2. The lowest BCUT2D eigenvalue weighted by Crippen LogP contribution is -2.33. The smallest absolute Gasteiger partial charge is 0.255 e. The number of hydrogen-bond donors (Lipinski definition) is 1. The zero-order chi connectivity index (χ0) is 22.5. The molecule has 1 N–H and O–H groups in total. The second-order valence-corrected chi connectivity index (χ2v) is 9.36. The minimum absolute atomic E-state index is 0.0310. The van der Waals surface area contributed by atoms with Gasteiger partial charge in [-0.25, -0.2) is 4.98 Å². The number of fused-ring (bicyclic) bond motifs is 1. The van der Waals surface area contributed by atoms with Crippen LogP contribution in [0.1, 0.15) is 48.7 Å². The van der Waals surface area contributed by atoms with Crippen LogP contribution in [0, 0.1) is 5.92 Å². The third kappa shape index (κ3) is 5.35. The van der Waals surface area contributed by atoms with Crippen molar-refractivity contribution in [2.24, 2.45) is 5.92 Å². The highest BCUT2D eigenvalue weighted by Gasteiger charge is 2.22. The highest BCUT2D eigenvalue weighted by atomic mass is 32.2. The first-order chi connectivity index (χ1) is 15.5. The number of carbonyl (C=O) groups is 2. The van der Waals surface area contributed by atoms with E-state index in [2.05, 4.69) is 24.1 Å². The normalized spacial score (nSPS) is 16.2. The maximum absolute atomic E-state index is 12.7. The molecule has 2 aliphatic rings. The molecule has 2 amide bonds. The van der Waals surface area contributed by atoms with Gasteiger partial charge in [-0.05, 0) is 48.6 Å². The average molecular weight is 456 g/mol. The summed E-state index contributed by atoms with van der Waals surface area (Å²) in [5.41, 5.74) is 1.59. The Balaban J connectivity index is 1.33. The van der Waals surface area contributed by atoms with Crippen molar-refractivity contribution in [3.05, 3.63) is 47.7 Å². The van der Waals surface area contributed by atoms with E-state index in [0.717, 1.165) is 48.0 Å². The number of thioether (sulfide) groups is 1. The zero-order valence-electron chi connectivity index (χ0n) is 18.5. The van der Waals surface area contributed by atoms with Crippen molar-refractivity contribution in [3.8, 4) is 11.5 Å². The van der Waals surface area contributed by atoms with Crippen molar-refractivity contribution in [1.29, 1.82) is 0 Å². The predicted octanol–water partition coefficient (Wildman–Crippen LogP) is 3.69. The van der Waals surface area contributed by atoms with E-state index in [4.69, 9.17) is 9.47 Å². The van der Waals surface area contributed by atoms with Gasteiger partial charge in [0.25, 0.3) is 5.91 Å². The summed E-state index contributed by atoms with van der Waals surface area (Å²) in [4.78, 5) is 31.3. The fraction of sp³-hybridized carbons (Fsp3) is 0.458. The van der Waals surface area contributed by atoms with Gasteiger partial charge in [-0.2, -0.15) is 0 Å². The van der Waals surface area contributed by atoms with Gasteiger partial charge in [-0.1, -0.05) is 31.7 Å². The molecule has 1 aromatic carbocycles. The minimum atomic E-state index is -0.132. The number of aromatic nitrogens is 1. The Morgan fingerprint density at radius 3 is 2.53 bits per heavy atom. The summed E-state index contributed by atoms with van der Waals surface area (Å²) in [6, 6.07) is 9.29. The highest BCUT2D eigenvalue weighted by Crippen LogP contribution is 2.34. The molecule has 170 valence electrons. The van der Waals surface area contributed by atoms with Crippen LogP contribution < -0.4 is 14.8 Å². The molecule has 0 spiro atoms. The van der Waals surface area contributed by atoms with Crippen LogP contribution in [0.15, 0.2) is 41.6 Å². The van der Waals surface area contributed by atoms with Gasteiger partial charge in [0.15, 0.2) is 11.5 Å². The number of hydrogen-bond acceptors (Lipinski definition) is 6. The molecule has 8 heteroatoms. The number of pyridine rings is 1. The summed E-state index contributed by atoms with van der Waals surface area (Å²) in [6.07, 6.45) is 3.73. The lowest BCUT2D eigenvalue weighted by molar-refractivity contribution is -0.119. The first-order valence-electron chi connectivity index (χ1n) is 11.1. The summed E-state index contributed by atoms with van der Waals surface area (Å²) in [6.45, 7) is 6.86. The van der Waals surface area contributed by atoms with Gasteiger partial charge < -0.3 is 19.7 Å². The number of nitrogens with zero attached hydrogens (tertiary/aromatic N) is 2. The highest BCUT2D eigenvalue weighted by molar-refractivity contribution is 7.99. The lowest BCUT2D eigenvalue weighted by Gasteiger charge is -2.25. The quantitative estimate of drug-likeness (QED) is 0.642. The van der Waals surface area contributed by atoms with Gasteiger partial charge in [-0.15, -0.1) is 0 Å². The molecule has 2 aliphatic heterocycles. The number of benzene rings is 1. The lowest BCUT2D eigenvalue weighted by atomic mass is 9.95. The Morgan fingerprint density at radius 2 is 1.84 bits per heavy atom. The van der Waals surface area contributed by atoms with Crippen molar-refractivity contribution < 1.29 is 19.1 Å². The van der Waals surface area contributed by atoms with E-state index in [1.807, 2.05) is 29.2 Å². The van der Waals surface area contributed by atoms with E-state index in [-0.39, 0.29) is 29.5 Å². The summed E-state index contributed by atoms with van der Waals surface area (Å²) in [5, 5.41) is 3.85. The number of likely N-dealkylation sites (tertiary alicyclic amines) is 1. The molecule has 1 atom stereocenters. The summed E-state index contributed by atoms with van der Waals surface area (Å²) < 4.78 is 11.3. The van der Waals surface area contributed by atoms with Gasteiger partial charge >= 0.3 is 0 Å². The van der Waals surface area contributed by atoms with Crippen LogP contribution in [0.3, 0.4) is 0 Å². The van der Waals surface area contributed by atoms with Crippen LogP contribution in [-0.4, -0.2) is 53.8 Å². The molecule has 1 saturated heterocycles. The number of carbonyl (C=O) groups excluding carboxylic acids is 2. The first-order valence-corrected chi connectivity index (χ1v) is 12.1. The topological polar surface area (TPSA) is 80.8 Å². The third-order valence-corrected chi connectivity index (χ3v) is 6.58. The van der Waals surface area contributed by atoms with Crippen LogP contribution in [0.4, 0.5) is 0 Å². The molecule has 1 fully saturated rings. The number of amides is 2. The van der Waals surface area contributed by atoms with E-state index in [9.17, 15) is 9.59 Å². The average Bonchev–Trinajstić information content (AvgIpc) is 3.35. The number of nitrogens with one attached hydrogen (secondary N) is 1. The molecular weight excluding hydrogens is 426 g/mol. The van der Waals surface area contributed by atoms with Gasteiger partial charge in [0.2, 0.25) is 5.91 Å².